The van der Waals surface area contributed by atoms with Gasteiger partial charge in [0.2, 0.25) is 0 Å². The van der Waals surface area contributed by atoms with Gasteiger partial charge >= 0.3 is 24.3 Å². The number of carboxylic acids is 2. The Morgan fingerprint density at radius 2 is 1.53 bits per heavy atom. The van der Waals surface area contributed by atoms with Crippen LogP contribution >= 0.6 is 0 Å². The number of fused-ring (bicyclic) bond motifs is 1. The maximum Gasteiger partial charge on any atom is 0.490 e. The first-order valence-electron chi connectivity index (χ1n) is 9.30. The number of alkyl halides is 6. The van der Waals surface area contributed by atoms with Crippen LogP contribution < -0.4 is 4.90 Å². The third kappa shape index (κ3) is 9.26. The standard InChI is InChI=1S/C14H21N3O.2C2HF3O2/c1-16-7-8-17(13-4-9-18-10-5-13)11-12-3-2-6-15-14(12)16;2*3-2(4,5)1(6)7/h2-3,6,13H,4-5,7-11H2,1H3;2*(H,6,7). The number of hydrogen-bond acceptors (Lipinski definition) is 6. The third-order valence-electron chi connectivity index (χ3n) is 4.52. The Labute approximate surface area is 179 Å². The lowest BCUT2D eigenvalue weighted by atomic mass is 10.1. The first-order chi connectivity index (χ1) is 14.7. The average Bonchev–Trinajstić information content (AvgIpc) is 2.87. The van der Waals surface area contributed by atoms with Gasteiger partial charge in [-0.2, -0.15) is 26.3 Å². The molecule has 0 saturated carbocycles. The summed E-state index contributed by atoms with van der Waals surface area (Å²) in [4.78, 5) is 27.2. The summed E-state index contributed by atoms with van der Waals surface area (Å²) in [5.74, 6) is -4.37. The van der Waals surface area contributed by atoms with Crippen molar-refractivity contribution < 1.29 is 50.9 Å². The van der Waals surface area contributed by atoms with E-state index in [4.69, 9.17) is 24.5 Å². The molecule has 2 aliphatic heterocycles. The molecule has 1 aromatic rings. The number of pyridine rings is 1. The van der Waals surface area contributed by atoms with Crippen LogP contribution in [-0.4, -0.2) is 83.8 Å². The fraction of sp³-hybridized carbons (Fsp3) is 0.611. The zero-order valence-electron chi connectivity index (χ0n) is 17.0. The van der Waals surface area contributed by atoms with Crippen molar-refractivity contribution in [1.82, 2.24) is 9.88 Å². The van der Waals surface area contributed by atoms with Gasteiger partial charge in [0.15, 0.2) is 0 Å². The molecule has 182 valence electrons. The second-order valence-corrected chi connectivity index (χ2v) is 6.83. The normalized spacial score (nSPS) is 17.7. The second kappa shape index (κ2) is 11.9. The number of carbonyl (C=O) groups is 2. The molecule has 1 fully saturated rings. The molecule has 3 heterocycles. The quantitative estimate of drug-likeness (QED) is 0.598. The van der Waals surface area contributed by atoms with Crippen LogP contribution in [0.15, 0.2) is 18.3 Å². The fourth-order valence-electron chi connectivity index (χ4n) is 2.94. The number of halogens is 6. The van der Waals surface area contributed by atoms with Crippen LogP contribution in [-0.2, 0) is 20.9 Å². The number of likely N-dealkylation sites (N-methyl/N-ethyl adjacent to an activating group) is 1. The Morgan fingerprint density at radius 3 is 2.00 bits per heavy atom. The molecule has 14 heteroatoms. The Morgan fingerprint density at radius 1 is 1.03 bits per heavy atom. The molecule has 2 N–H and O–H groups in total. The topological polar surface area (TPSA) is 103 Å². The molecular weight excluding hydrogens is 452 g/mol. The monoisotopic (exact) mass is 475 g/mol. The molecular formula is C18H23F6N3O5. The molecule has 0 unspecified atom stereocenters. The Bertz CT molecular complexity index is 729. The van der Waals surface area contributed by atoms with E-state index in [0.717, 1.165) is 38.7 Å². The molecule has 2 aliphatic rings. The molecule has 0 radical (unpaired) electrons. The minimum Gasteiger partial charge on any atom is -0.475 e. The van der Waals surface area contributed by atoms with Gasteiger partial charge in [-0.1, -0.05) is 6.07 Å². The first-order valence-corrected chi connectivity index (χ1v) is 9.30. The number of anilines is 1. The fourth-order valence-corrected chi connectivity index (χ4v) is 2.94. The minimum absolute atomic E-state index is 0.679. The lowest BCUT2D eigenvalue weighted by Gasteiger charge is -2.33. The van der Waals surface area contributed by atoms with E-state index in [0.29, 0.717) is 6.04 Å². The van der Waals surface area contributed by atoms with Gasteiger partial charge < -0.3 is 19.8 Å². The molecule has 1 aromatic heterocycles. The molecule has 8 nitrogen and oxygen atoms in total. The number of aromatic nitrogens is 1. The van der Waals surface area contributed by atoms with Crippen molar-refractivity contribution in [1.29, 1.82) is 0 Å². The molecule has 0 amide bonds. The maximum absolute atomic E-state index is 10.6. The summed E-state index contributed by atoms with van der Waals surface area (Å²) in [5.41, 5.74) is 1.35. The van der Waals surface area contributed by atoms with Gasteiger partial charge in [0.1, 0.15) is 5.82 Å². The molecule has 1 saturated heterocycles. The summed E-state index contributed by atoms with van der Waals surface area (Å²) in [6, 6.07) is 4.93. The van der Waals surface area contributed by atoms with Crippen LogP contribution in [0.1, 0.15) is 18.4 Å². The van der Waals surface area contributed by atoms with Gasteiger partial charge in [-0.25, -0.2) is 14.6 Å². The van der Waals surface area contributed by atoms with E-state index in [1.54, 1.807) is 0 Å². The maximum atomic E-state index is 10.6. The summed E-state index contributed by atoms with van der Waals surface area (Å²) in [6.07, 6.45) is -5.95. The zero-order valence-corrected chi connectivity index (χ0v) is 17.0. The Balaban J connectivity index is 0.000000305. The van der Waals surface area contributed by atoms with E-state index in [1.807, 2.05) is 12.3 Å². The highest BCUT2D eigenvalue weighted by Gasteiger charge is 2.38. The van der Waals surface area contributed by atoms with Crippen molar-refractivity contribution >= 4 is 17.8 Å². The largest absolute Gasteiger partial charge is 0.490 e. The number of aliphatic carboxylic acids is 2. The number of nitrogens with zero attached hydrogens (tertiary/aromatic N) is 3. The van der Waals surface area contributed by atoms with Gasteiger partial charge in [-0.15, -0.1) is 0 Å². The van der Waals surface area contributed by atoms with Crippen LogP contribution in [0.4, 0.5) is 32.2 Å². The van der Waals surface area contributed by atoms with E-state index in [-0.39, 0.29) is 0 Å². The average molecular weight is 475 g/mol. The van der Waals surface area contributed by atoms with Gasteiger partial charge in [-0.3, -0.25) is 4.90 Å². The number of hydrogen-bond donors (Lipinski definition) is 2. The van der Waals surface area contributed by atoms with Crippen molar-refractivity contribution in [2.45, 2.75) is 37.8 Å². The van der Waals surface area contributed by atoms with E-state index >= 15 is 0 Å². The van der Waals surface area contributed by atoms with Gasteiger partial charge in [0, 0.05) is 57.7 Å². The molecule has 32 heavy (non-hydrogen) atoms. The van der Waals surface area contributed by atoms with Crippen molar-refractivity contribution in [2.75, 3.05) is 38.3 Å². The smallest absolute Gasteiger partial charge is 0.475 e. The summed E-state index contributed by atoms with van der Waals surface area (Å²) in [6.45, 7) is 5.03. The summed E-state index contributed by atoms with van der Waals surface area (Å²) in [7, 11) is 2.14. The molecule has 0 atom stereocenters. The number of rotatable bonds is 1. The number of ether oxygens (including phenoxy) is 1. The van der Waals surface area contributed by atoms with Crippen molar-refractivity contribution in [3.63, 3.8) is 0 Å². The highest BCUT2D eigenvalue weighted by atomic mass is 19.4. The van der Waals surface area contributed by atoms with E-state index in [1.165, 1.54) is 18.4 Å². The summed E-state index contributed by atoms with van der Waals surface area (Å²) >= 11 is 0. The SMILES string of the molecule is CN1CCN(C2CCOCC2)Cc2cccnc21.O=C(O)C(F)(F)F.O=C(O)C(F)(F)F. The minimum atomic E-state index is -5.08. The van der Waals surface area contributed by atoms with Crippen LogP contribution in [0.5, 0.6) is 0 Å². The van der Waals surface area contributed by atoms with Crippen LogP contribution in [0.25, 0.3) is 0 Å². The van der Waals surface area contributed by atoms with Crippen molar-refractivity contribution in [3.05, 3.63) is 23.9 Å². The molecule has 0 bridgehead atoms. The highest BCUT2D eigenvalue weighted by molar-refractivity contribution is 5.73. The van der Waals surface area contributed by atoms with Crippen molar-refractivity contribution in [2.24, 2.45) is 0 Å². The summed E-state index contributed by atoms with van der Waals surface area (Å²) < 4.78 is 68.9. The first kappa shape index (κ1) is 27.4. The Kier molecular flexibility index (Phi) is 10.2. The predicted octanol–water partition coefficient (Wildman–Crippen LogP) is 2.78. The lowest BCUT2D eigenvalue weighted by Crippen LogP contribution is -2.41. The zero-order chi connectivity index (χ0) is 24.5. The second-order valence-electron chi connectivity index (χ2n) is 6.83. The highest BCUT2D eigenvalue weighted by Crippen LogP contribution is 2.25. The Hall–Kier alpha value is -2.61. The van der Waals surface area contributed by atoms with Crippen molar-refractivity contribution in [3.8, 4) is 0 Å². The molecule has 0 spiro atoms. The van der Waals surface area contributed by atoms with Gasteiger partial charge in [0.05, 0.1) is 0 Å². The van der Waals surface area contributed by atoms with Crippen LogP contribution in [0.2, 0.25) is 0 Å². The lowest BCUT2D eigenvalue weighted by molar-refractivity contribution is -0.193. The van der Waals surface area contributed by atoms with Gasteiger partial charge in [0.25, 0.3) is 0 Å². The van der Waals surface area contributed by atoms with Gasteiger partial charge in [-0.05, 0) is 18.9 Å². The van der Waals surface area contributed by atoms with E-state index in [2.05, 4.69) is 27.9 Å². The van der Waals surface area contributed by atoms with Crippen LogP contribution in [0, 0.1) is 0 Å². The molecule has 0 aliphatic carbocycles. The van der Waals surface area contributed by atoms with Crippen LogP contribution in [0.3, 0.4) is 0 Å². The molecule has 3 rings (SSSR count). The van der Waals surface area contributed by atoms with E-state index in [9.17, 15) is 26.3 Å². The summed E-state index contributed by atoms with van der Waals surface area (Å²) in [5, 5.41) is 14.2. The number of carboxylic acid groups (broad SMARTS) is 2. The molecule has 0 aromatic carbocycles. The third-order valence-corrected chi connectivity index (χ3v) is 4.52. The van der Waals surface area contributed by atoms with E-state index < -0.39 is 24.3 Å². The predicted molar refractivity (Wildman–Crippen MR) is 99.1 cm³/mol.